The van der Waals surface area contributed by atoms with Crippen LogP contribution >= 0.6 is 11.6 Å². The lowest BCUT2D eigenvalue weighted by Gasteiger charge is -2.36. The Bertz CT molecular complexity index is 1090. The molecule has 0 radical (unpaired) electrons. The van der Waals surface area contributed by atoms with Crippen LogP contribution in [-0.2, 0) is 14.3 Å². The van der Waals surface area contributed by atoms with Crippen molar-refractivity contribution in [3.05, 3.63) is 64.9 Å². The van der Waals surface area contributed by atoms with Crippen LogP contribution in [0.25, 0.3) is 0 Å². The summed E-state index contributed by atoms with van der Waals surface area (Å²) in [6, 6.07) is 8.02. The SMILES string of the molecule is COC(=O)NCC(=O)N(c1cccc(F)c1)[C@H](C(=O)N[C@H]1CCCCC1(F)F)c1ccccc1Cl. The Balaban J connectivity index is 2.07. The predicted octanol–water partition coefficient (Wildman–Crippen LogP) is 4.60. The van der Waals surface area contributed by atoms with Gasteiger partial charge in [-0.05, 0) is 37.1 Å². The third-order valence-electron chi connectivity index (χ3n) is 5.71. The monoisotopic (exact) mass is 511 g/mol. The standard InChI is InChI=1S/C24H25ClF3N3O4/c1-35-23(34)29-14-20(32)31(16-8-6-7-15(26)13-16)21(17-9-2-3-10-18(17)25)22(33)30-19-11-4-5-12-24(19,27)28/h2-3,6-10,13,19,21H,4-5,11-12,14H2,1H3,(H,29,34)(H,30,33)/t19-,21-/m0/s1. The van der Waals surface area contributed by atoms with E-state index in [0.717, 1.165) is 24.1 Å². The zero-order valence-electron chi connectivity index (χ0n) is 18.9. The van der Waals surface area contributed by atoms with Crippen LogP contribution in [0.4, 0.5) is 23.7 Å². The molecule has 7 nitrogen and oxygen atoms in total. The Morgan fingerprint density at radius 1 is 1.17 bits per heavy atom. The van der Waals surface area contributed by atoms with Crippen molar-refractivity contribution in [1.29, 1.82) is 0 Å². The molecule has 2 N–H and O–H groups in total. The highest BCUT2D eigenvalue weighted by Gasteiger charge is 2.44. The lowest BCUT2D eigenvalue weighted by atomic mass is 9.91. The summed E-state index contributed by atoms with van der Waals surface area (Å²) in [6.07, 6.45) is -0.373. The van der Waals surface area contributed by atoms with Crippen molar-refractivity contribution in [1.82, 2.24) is 10.6 Å². The van der Waals surface area contributed by atoms with Crippen molar-refractivity contribution >= 4 is 35.2 Å². The summed E-state index contributed by atoms with van der Waals surface area (Å²) in [4.78, 5) is 39.3. The summed E-state index contributed by atoms with van der Waals surface area (Å²) >= 11 is 6.35. The summed E-state index contributed by atoms with van der Waals surface area (Å²) in [5.41, 5.74) is 0.110. The fourth-order valence-corrected chi connectivity index (χ4v) is 4.22. The van der Waals surface area contributed by atoms with Crippen molar-refractivity contribution in [2.24, 2.45) is 0 Å². The highest BCUT2D eigenvalue weighted by Crippen LogP contribution is 2.36. The van der Waals surface area contributed by atoms with E-state index in [1.165, 1.54) is 24.3 Å². The Hall–Kier alpha value is -3.27. The zero-order chi connectivity index (χ0) is 25.6. The summed E-state index contributed by atoms with van der Waals surface area (Å²) < 4.78 is 47.7. The summed E-state index contributed by atoms with van der Waals surface area (Å²) in [5, 5.41) is 4.70. The molecule has 35 heavy (non-hydrogen) atoms. The predicted molar refractivity (Wildman–Crippen MR) is 124 cm³/mol. The molecule has 3 rings (SSSR count). The van der Waals surface area contributed by atoms with E-state index in [9.17, 15) is 27.6 Å². The molecule has 1 aliphatic carbocycles. The molecule has 0 bridgehead atoms. The van der Waals surface area contributed by atoms with Crippen LogP contribution in [0.3, 0.4) is 0 Å². The van der Waals surface area contributed by atoms with E-state index < -0.39 is 48.3 Å². The topological polar surface area (TPSA) is 87.7 Å². The van der Waals surface area contributed by atoms with Gasteiger partial charge in [-0.15, -0.1) is 0 Å². The average Bonchev–Trinajstić information content (AvgIpc) is 2.82. The van der Waals surface area contributed by atoms with Crippen molar-refractivity contribution in [3.8, 4) is 0 Å². The molecule has 2 aromatic carbocycles. The molecule has 2 aromatic rings. The van der Waals surface area contributed by atoms with Crippen LogP contribution in [0.1, 0.15) is 37.3 Å². The smallest absolute Gasteiger partial charge is 0.407 e. The first kappa shape index (κ1) is 26.3. The van der Waals surface area contributed by atoms with Gasteiger partial charge < -0.3 is 15.4 Å². The van der Waals surface area contributed by atoms with Gasteiger partial charge in [-0.2, -0.15) is 0 Å². The number of ether oxygens (including phenoxy) is 1. The van der Waals surface area contributed by atoms with Crippen molar-refractivity contribution in [2.75, 3.05) is 18.6 Å². The second-order valence-corrected chi connectivity index (χ2v) is 8.49. The highest BCUT2D eigenvalue weighted by molar-refractivity contribution is 6.31. The number of hydrogen-bond acceptors (Lipinski definition) is 4. The van der Waals surface area contributed by atoms with Gasteiger partial charge in [0.2, 0.25) is 11.8 Å². The summed E-state index contributed by atoms with van der Waals surface area (Å²) in [6.45, 7) is -0.614. The highest BCUT2D eigenvalue weighted by atomic mass is 35.5. The minimum atomic E-state index is -3.13. The maximum absolute atomic E-state index is 14.5. The van der Waals surface area contributed by atoms with Crippen LogP contribution in [0.15, 0.2) is 48.5 Å². The van der Waals surface area contributed by atoms with Crippen LogP contribution in [0, 0.1) is 5.82 Å². The van der Waals surface area contributed by atoms with Gasteiger partial charge in [0, 0.05) is 22.7 Å². The second kappa shape index (κ2) is 11.4. The van der Waals surface area contributed by atoms with Gasteiger partial charge in [0.15, 0.2) is 0 Å². The summed E-state index contributed by atoms with van der Waals surface area (Å²) in [5.74, 6) is -5.56. The molecular weight excluding hydrogens is 487 g/mol. The minimum Gasteiger partial charge on any atom is -0.453 e. The largest absolute Gasteiger partial charge is 0.453 e. The fraction of sp³-hybridized carbons (Fsp3) is 0.375. The Kier molecular flexibility index (Phi) is 8.61. The molecule has 11 heteroatoms. The number of benzene rings is 2. The molecule has 0 heterocycles. The number of nitrogens with zero attached hydrogens (tertiary/aromatic N) is 1. The number of rotatable bonds is 7. The van der Waals surface area contributed by atoms with Crippen LogP contribution in [0.2, 0.25) is 5.02 Å². The number of carbonyl (C=O) groups is 3. The first-order chi connectivity index (χ1) is 16.6. The Morgan fingerprint density at radius 2 is 1.91 bits per heavy atom. The maximum atomic E-state index is 14.5. The van der Waals surface area contributed by atoms with Gasteiger partial charge in [-0.1, -0.05) is 42.3 Å². The number of halogens is 4. The summed E-state index contributed by atoms with van der Waals surface area (Å²) in [7, 11) is 1.11. The second-order valence-electron chi connectivity index (χ2n) is 8.08. The van der Waals surface area contributed by atoms with Gasteiger partial charge in [-0.25, -0.2) is 18.0 Å². The number of methoxy groups -OCH3 is 1. The molecule has 1 fully saturated rings. The van der Waals surface area contributed by atoms with E-state index >= 15 is 0 Å². The molecule has 0 unspecified atom stereocenters. The molecule has 3 amide bonds. The van der Waals surface area contributed by atoms with Gasteiger partial charge in [0.25, 0.3) is 5.92 Å². The minimum absolute atomic E-state index is 0.0304. The van der Waals surface area contributed by atoms with E-state index in [4.69, 9.17) is 11.6 Å². The van der Waals surface area contributed by atoms with Crippen molar-refractivity contribution < 1.29 is 32.3 Å². The maximum Gasteiger partial charge on any atom is 0.407 e. The van der Waals surface area contributed by atoms with Gasteiger partial charge in [0.05, 0.1) is 13.2 Å². The van der Waals surface area contributed by atoms with E-state index in [1.54, 1.807) is 12.1 Å². The van der Waals surface area contributed by atoms with Crippen molar-refractivity contribution in [2.45, 2.75) is 43.7 Å². The van der Waals surface area contributed by atoms with E-state index in [2.05, 4.69) is 15.4 Å². The number of alkyl halides is 2. The molecule has 0 aromatic heterocycles. The zero-order valence-corrected chi connectivity index (χ0v) is 19.7. The van der Waals surface area contributed by atoms with Gasteiger partial charge >= 0.3 is 6.09 Å². The quantitative estimate of drug-likeness (QED) is 0.568. The third kappa shape index (κ3) is 6.45. The fourth-order valence-electron chi connectivity index (χ4n) is 3.99. The molecule has 0 saturated heterocycles. The van der Waals surface area contributed by atoms with Gasteiger partial charge in [0.1, 0.15) is 18.4 Å². The Labute approximate surface area is 205 Å². The molecule has 0 aliphatic heterocycles. The van der Waals surface area contributed by atoms with E-state index in [0.29, 0.717) is 12.8 Å². The molecule has 188 valence electrons. The number of carbonyl (C=O) groups excluding carboxylic acids is 3. The van der Waals surface area contributed by atoms with E-state index in [-0.39, 0.29) is 29.1 Å². The number of amides is 3. The molecular formula is C24H25ClF3N3O4. The molecule has 1 saturated carbocycles. The normalized spacial score (nSPS) is 17.7. The Morgan fingerprint density at radius 3 is 2.57 bits per heavy atom. The van der Waals surface area contributed by atoms with Crippen molar-refractivity contribution in [3.63, 3.8) is 0 Å². The average molecular weight is 512 g/mol. The molecule has 1 aliphatic rings. The van der Waals surface area contributed by atoms with Crippen LogP contribution in [0.5, 0.6) is 0 Å². The number of hydrogen-bond donors (Lipinski definition) is 2. The first-order valence-electron chi connectivity index (χ1n) is 11.0. The third-order valence-corrected chi connectivity index (χ3v) is 6.05. The number of alkyl carbamates (subject to hydrolysis) is 1. The molecule has 0 spiro atoms. The van der Waals surface area contributed by atoms with Crippen LogP contribution < -0.4 is 15.5 Å². The number of anilines is 1. The van der Waals surface area contributed by atoms with E-state index in [1.807, 2.05) is 0 Å². The first-order valence-corrected chi connectivity index (χ1v) is 11.3. The number of nitrogens with one attached hydrogen (secondary N) is 2. The van der Waals surface area contributed by atoms with Gasteiger partial charge in [-0.3, -0.25) is 14.5 Å². The lowest BCUT2D eigenvalue weighted by Crippen LogP contribution is -2.54. The molecule has 2 atom stereocenters. The van der Waals surface area contributed by atoms with Crippen LogP contribution in [-0.4, -0.2) is 43.5 Å². The lowest BCUT2D eigenvalue weighted by molar-refractivity contribution is -0.131.